The fourth-order valence-electron chi connectivity index (χ4n) is 4.19. The third-order valence-electron chi connectivity index (χ3n) is 6.18. The molecule has 1 fully saturated rings. The number of aryl methyl sites for hydroxylation is 1. The molecule has 1 aromatic carbocycles. The van der Waals surface area contributed by atoms with Crippen LogP contribution in [0.1, 0.15) is 42.2 Å². The van der Waals surface area contributed by atoms with Crippen molar-refractivity contribution in [1.29, 1.82) is 0 Å². The number of pyridine rings is 1. The number of aliphatic hydroxyl groups excluding tert-OH is 1. The van der Waals surface area contributed by atoms with E-state index in [1.54, 1.807) is 13.0 Å². The van der Waals surface area contributed by atoms with Crippen molar-refractivity contribution in [3.63, 3.8) is 0 Å². The summed E-state index contributed by atoms with van der Waals surface area (Å²) in [5.41, 5.74) is 2.29. The molecule has 204 valence electrons. The van der Waals surface area contributed by atoms with Gasteiger partial charge in [-0.2, -0.15) is 0 Å². The number of carbonyl (C=O) groups excluding carboxylic acids is 3. The topological polar surface area (TPSA) is 149 Å². The van der Waals surface area contributed by atoms with Crippen LogP contribution in [0.25, 0.3) is 11.3 Å². The Hall–Kier alpha value is -3.99. The number of rotatable bonds is 11. The Kier molecular flexibility index (Phi) is 10.6. The Morgan fingerprint density at radius 2 is 1.74 bits per heavy atom. The van der Waals surface area contributed by atoms with Gasteiger partial charge in [-0.05, 0) is 43.9 Å². The van der Waals surface area contributed by atoms with Crippen molar-refractivity contribution in [2.24, 2.45) is 0 Å². The van der Waals surface area contributed by atoms with Crippen molar-refractivity contribution >= 4 is 23.9 Å². The smallest absolute Gasteiger partial charge is 0.409 e. The molecule has 0 bridgehead atoms. The van der Waals surface area contributed by atoms with Gasteiger partial charge in [-0.25, -0.2) is 9.78 Å². The first-order valence-electron chi connectivity index (χ1n) is 12.7. The molecule has 2 heterocycles. The lowest BCUT2D eigenvalue weighted by atomic mass is 10.0. The molecule has 3 rings (SSSR count). The zero-order chi connectivity index (χ0) is 27.5. The van der Waals surface area contributed by atoms with Crippen LogP contribution in [0, 0.1) is 0 Å². The van der Waals surface area contributed by atoms with Crippen molar-refractivity contribution in [2.75, 3.05) is 39.4 Å². The van der Waals surface area contributed by atoms with Crippen molar-refractivity contribution in [3.8, 4) is 11.3 Å². The zero-order valence-corrected chi connectivity index (χ0v) is 21.5. The van der Waals surface area contributed by atoms with Crippen LogP contribution in [0.15, 0.2) is 42.5 Å². The summed E-state index contributed by atoms with van der Waals surface area (Å²) in [6.45, 7) is 3.00. The monoisotopic (exact) mass is 526 g/mol. The summed E-state index contributed by atoms with van der Waals surface area (Å²) >= 11 is 0. The van der Waals surface area contributed by atoms with E-state index in [1.165, 1.54) is 9.80 Å². The van der Waals surface area contributed by atoms with Crippen molar-refractivity contribution < 1.29 is 34.1 Å². The second kappa shape index (κ2) is 14.1. The number of benzene rings is 1. The molecule has 0 aliphatic carbocycles. The summed E-state index contributed by atoms with van der Waals surface area (Å²) in [6.07, 6.45) is 0.200. The maximum atomic E-state index is 13.3. The Morgan fingerprint density at radius 1 is 1.05 bits per heavy atom. The van der Waals surface area contributed by atoms with Gasteiger partial charge >= 0.3 is 12.1 Å². The number of hydrogen-bond donors (Lipinski definition) is 3. The quantitative estimate of drug-likeness (QED) is 0.402. The van der Waals surface area contributed by atoms with Crippen LogP contribution >= 0.6 is 0 Å². The maximum absolute atomic E-state index is 13.3. The van der Waals surface area contributed by atoms with Crippen LogP contribution in [0.5, 0.6) is 0 Å². The lowest BCUT2D eigenvalue weighted by molar-refractivity contribution is -0.138. The van der Waals surface area contributed by atoms with Crippen molar-refractivity contribution in [2.45, 2.75) is 38.6 Å². The predicted octanol–water partition coefficient (Wildman–Crippen LogP) is 1.94. The minimum atomic E-state index is -1.08. The summed E-state index contributed by atoms with van der Waals surface area (Å²) in [4.78, 5) is 57.4. The Labute approximate surface area is 221 Å². The van der Waals surface area contributed by atoms with Gasteiger partial charge in [0.1, 0.15) is 11.7 Å². The minimum Gasteiger partial charge on any atom is -0.481 e. The molecule has 1 saturated heterocycles. The molecule has 1 aromatic heterocycles. The first kappa shape index (κ1) is 28.6. The number of piperazine rings is 1. The third-order valence-corrected chi connectivity index (χ3v) is 6.18. The van der Waals surface area contributed by atoms with Gasteiger partial charge in [-0.3, -0.25) is 14.4 Å². The van der Waals surface area contributed by atoms with E-state index in [0.29, 0.717) is 18.5 Å². The van der Waals surface area contributed by atoms with Crippen LogP contribution in [0.3, 0.4) is 0 Å². The average molecular weight is 527 g/mol. The van der Waals surface area contributed by atoms with Gasteiger partial charge in [0.05, 0.1) is 12.3 Å². The molecule has 1 atom stereocenters. The average Bonchev–Trinajstić information content (AvgIpc) is 2.94. The lowest BCUT2D eigenvalue weighted by Gasteiger charge is -2.35. The predicted molar refractivity (Wildman–Crippen MR) is 138 cm³/mol. The van der Waals surface area contributed by atoms with Crippen molar-refractivity contribution in [3.05, 3.63) is 53.7 Å². The number of ether oxygens (including phenoxy) is 1. The number of carbonyl (C=O) groups is 4. The number of aliphatic carboxylic acids is 1. The second-order valence-corrected chi connectivity index (χ2v) is 8.91. The van der Waals surface area contributed by atoms with Gasteiger partial charge in [0.25, 0.3) is 5.91 Å². The van der Waals surface area contributed by atoms with Gasteiger partial charge in [-0.1, -0.05) is 30.3 Å². The molecule has 3 N–H and O–H groups in total. The van der Waals surface area contributed by atoms with Gasteiger partial charge < -0.3 is 30.1 Å². The van der Waals surface area contributed by atoms with Crippen LogP contribution in [0.2, 0.25) is 0 Å². The molecule has 2 aromatic rings. The third kappa shape index (κ3) is 8.01. The standard InChI is InChI=1S/C27H34N4O7/c1-2-38-27(37)31-14-12-30(13-15-31)26(36)21(10-11-24(33)34)29-25(35)23-18-19(7-6-16-32)17-22(28-23)20-8-4-3-5-9-20/h3-5,8-9,17-18,21,32H,2,6-7,10-16H2,1H3,(H,29,35)(H,33,34)/t21-/m0/s1. The van der Waals surface area contributed by atoms with E-state index < -0.39 is 29.9 Å². The molecule has 1 aliphatic rings. The van der Waals surface area contributed by atoms with E-state index in [1.807, 2.05) is 36.4 Å². The number of hydrogen-bond acceptors (Lipinski definition) is 7. The van der Waals surface area contributed by atoms with E-state index in [-0.39, 0.29) is 57.9 Å². The first-order chi connectivity index (χ1) is 18.3. The van der Waals surface area contributed by atoms with Gasteiger partial charge in [0.2, 0.25) is 5.91 Å². The Balaban J connectivity index is 1.78. The van der Waals surface area contributed by atoms with E-state index in [4.69, 9.17) is 4.74 Å². The number of aliphatic hydroxyl groups is 1. The number of amides is 3. The summed E-state index contributed by atoms with van der Waals surface area (Å²) in [5.74, 6) is -2.09. The summed E-state index contributed by atoms with van der Waals surface area (Å²) < 4.78 is 5.01. The zero-order valence-electron chi connectivity index (χ0n) is 21.5. The highest BCUT2D eigenvalue weighted by molar-refractivity contribution is 5.97. The molecular formula is C27H34N4O7. The molecular weight excluding hydrogens is 492 g/mol. The molecule has 0 unspecified atom stereocenters. The molecule has 0 radical (unpaired) electrons. The minimum absolute atomic E-state index is 0.000281. The van der Waals surface area contributed by atoms with E-state index >= 15 is 0 Å². The maximum Gasteiger partial charge on any atom is 0.409 e. The number of nitrogens with zero attached hydrogens (tertiary/aromatic N) is 3. The fourth-order valence-corrected chi connectivity index (χ4v) is 4.19. The van der Waals surface area contributed by atoms with Gasteiger partial charge in [0, 0.05) is 44.8 Å². The van der Waals surface area contributed by atoms with Crippen LogP contribution < -0.4 is 5.32 Å². The SMILES string of the molecule is CCOC(=O)N1CCN(C(=O)[C@H](CCC(=O)O)NC(=O)c2cc(CCCO)cc(-c3ccccc3)n2)CC1. The highest BCUT2D eigenvalue weighted by Gasteiger charge is 2.31. The molecule has 1 aliphatic heterocycles. The van der Waals surface area contributed by atoms with Gasteiger partial charge in [-0.15, -0.1) is 0 Å². The van der Waals surface area contributed by atoms with E-state index in [0.717, 1.165) is 11.1 Å². The normalized spacial score (nSPS) is 14.1. The highest BCUT2D eigenvalue weighted by Crippen LogP contribution is 2.20. The van der Waals surface area contributed by atoms with E-state index in [2.05, 4.69) is 10.3 Å². The second-order valence-electron chi connectivity index (χ2n) is 8.91. The molecule has 3 amide bonds. The summed E-state index contributed by atoms with van der Waals surface area (Å²) in [5, 5.41) is 21.2. The molecule has 0 saturated carbocycles. The summed E-state index contributed by atoms with van der Waals surface area (Å²) in [6, 6.07) is 11.7. The number of nitrogens with one attached hydrogen (secondary N) is 1. The lowest BCUT2D eigenvalue weighted by Crippen LogP contribution is -2.56. The first-order valence-corrected chi connectivity index (χ1v) is 12.7. The fraction of sp³-hybridized carbons (Fsp3) is 0.444. The molecule has 11 heteroatoms. The molecule has 11 nitrogen and oxygen atoms in total. The van der Waals surface area contributed by atoms with Crippen LogP contribution in [-0.2, 0) is 20.7 Å². The largest absolute Gasteiger partial charge is 0.481 e. The van der Waals surface area contributed by atoms with Crippen LogP contribution in [-0.4, -0.2) is 94.3 Å². The molecule has 38 heavy (non-hydrogen) atoms. The van der Waals surface area contributed by atoms with Gasteiger partial charge in [0.15, 0.2) is 0 Å². The number of aromatic nitrogens is 1. The summed E-state index contributed by atoms with van der Waals surface area (Å²) in [7, 11) is 0. The number of carboxylic acids is 1. The van der Waals surface area contributed by atoms with Crippen molar-refractivity contribution in [1.82, 2.24) is 20.1 Å². The Morgan fingerprint density at radius 3 is 2.37 bits per heavy atom. The molecule has 0 spiro atoms. The number of carboxylic acid groups (broad SMARTS) is 1. The van der Waals surface area contributed by atoms with Crippen LogP contribution in [0.4, 0.5) is 4.79 Å². The Bertz CT molecular complexity index is 1120. The highest BCUT2D eigenvalue weighted by atomic mass is 16.6. The van der Waals surface area contributed by atoms with E-state index in [9.17, 15) is 29.4 Å².